The molecule has 0 aromatic heterocycles. The van der Waals surface area contributed by atoms with Gasteiger partial charge in [-0.2, -0.15) is 0 Å². The number of nitrogens with zero attached hydrogens (tertiary/aromatic N) is 2. The van der Waals surface area contributed by atoms with Gasteiger partial charge < -0.3 is 13.9 Å². The molecule has 21 heavy (non-hydrogen) atoms. The van der Waals surface area contributed by atoms with E-state index in [0.29, 0.717) is 0 Å². The molecule has 8 heteroatoms. The Morgan fingerprint density at radius 1 is 1.29 bits per heavy atom. The third-order valence-corrected chi connectivity index (χ3v) is 3.27. The zero-order valence-corrected chi connectivity index (χ0v) is 13.7. The van der Waals surface area contributed by atoms with Crippen LogP contribution in [0.4, 0.5) is 4.79 Å². The third-order valence-electron chi connectivity index (χ3n) is 3.10. The van der Waals surface area contributed by atoms with Gasteiger partial charge >= 0.3 is 12.1 Å². The molecule has 7 nitrogen and oxygen atoms in total. The lowest BCUT2D eigenvalue weighted by molar-refractivity contribution is -0.153. The quantitative estimate of drug-likeness (QED) is 0.771. The largest absolute Gasteiger partial charge is 0.444 e. The molecule has 0 unspecified atom stereocenters. The first-order valence-electron chi connectivity index (χ1n) is 6.60. The first-order valence-corrected chi connectivity index (χ1v) is 6.91. The van der Waals surface area contributed by atoms with Crippen molar-refractivity contribution >= 4 is 29.8 Å². The maximum absolute atomic E-state index is 12.4. The Kier molecular flexibility index (Phi) is 5.09. The van der Waals surface area contributed by atoms with Gasteiger partial charge in [-0.05, 0) is 34.6 Å². The summed E-state index contributed by atoms with van der Waals surface area (Å²) in [5, 5.41) is 0. The highest BCUT2D eigenvalue weighted by Crippen LogP contribution is 2.25. The molecule has 120 valence electrons. The van der Waals surface area contributed by atoms with E-state index in [1.54, 1.807) is 34.6 Å². The first-order chi connectivity index (χ1) is 9.49. The fraction of sp³-hybridized carbons (Fsp3) is 0.769. The van der Waals surface area contributed by atoms with Gasteiger partial charge in [0.2, 0.25) is 5.91 Å². The smallest absolute Gasteiger partial charge is 0.411 e. The Labute approximate surface area is 129 Å². The topological polar surface area (TPSA) is 76.2 Å². The van der Waals surface area contributed by atoms with E-state index in [-0.39, 0.29) is 25.5 Å². The number of rotatable bonds is 2. The molecule has 0 bridgehead atoms. The molecule has 0 aromatic rings. The molecule has 1 aliphatic rings. The number of carbonyl (C=O) groups is 3. The molecular formula is C13H21ClN2O5. The van der Waals surface area contributed by atoms with Crippen LogP contribution in [0.5, 0.6) is 0 Å². The molecule has 2 amide bonds. The van der Waals surface area contributed by atoms with Crippen LogP contribution < -0.4 is 0 Å². The molecule has 1 fully saturated rings. The van der Waals surface area contributed by atoms with Crippen LogP contribution in [0, 0.1) is 0 Å². The minimum absolute atomic E-state index is 0.216. The summed E-state index contributed by atoms with van der Waals surface area (Å²) < 4.78 is 9.35. The van der Waals surface area contributed by atoms with Crippen LogP contribution in [-0.4, -0.2) is 58.5 Å². The van der Waals surface area contributed by atoms with Crippen molar-refractivity contribution in [1.29, 1.82) is 0 Å². The third kappa shape index (κ3) is 4.23. The number of amides is 2. The monoisotopic (exact) mass is 320 g/mol. The minimum Gasteiger partial charge on any atom is -0.444 e. The molecule has 0 radical (unpaired) electrons. The van der Waals surface area contributed by atoms with Crippen molar-refractivity contribution in [3.63, 3.8) is 0 Å². The van der Waals surface area contributed by atoms with Crippen molar-refractivity contribution < 1.29 is 23.4 Å². The van der Waals surface area contributed by atoms with E-state index in [1.807, 2.05) is 0 Å². The Morgan fingerprint density at radius 2 is 1.86 bits per heavy atom. The van der Waals surface area contributed by atoms with Gasteiger partial charge in [0.15, 0.2) is 0 Å². The number of hydrogen-bond donors (Lipinski definition) is 0. The normalized spacial score (nSPS) is 18.5. The van der Waals surface area contributed by atoms with Crippen LogP contribution in [0.1, 0.15) is 34.6 Å². The summed E-state index contributed by atoms with van der Waals surface area (Å²) in [5.74, 6) is -1.08. The molecule has 0 saturated carbocycles. The molecule has 0 atom stereocenters. The van der Waals surface area contributed by atoms with Gasteiger partial charge in [0.25, 0.3) is 0 Å². The molecule has 1 saturated heterocycles. The van der Waals surface area contributed by atoms with Gasteiger partial charge in [-0.1, -0.05) is 0 Å². The van der Waals surface area contributed by atoms with E-state index in [1.165, 1.54) is 9.80 Å². The lowest BCUT2D eigenvalue weighted by Crippen LogP contribution is -2.65. The second kappa shape index (κ2) is 6.09. The highest BCUT2D eigenvalue weighted by atomic mass is 35.5. The van der Waals surface area contributed by atoms with Crippen LogP contribution in [0.25, 0.3) is 0 Å². The van der Waals surface area contributed by atoms with Crippen molar-refractivity contribution in [3.05, 3.63) is 0 Å². The minimum atomic E-state index is -1.10. The van der Waals surface area contributed by atoms with Crippen molar-refractivity contribution in [3.8, 4) is 0 Å². The van der Waals surface area contributed by atoms with E-state index in [0.717, 1.165) is 0 Å². The van der Waals surface area contributed by atoms with Gasteiger partial charge in [-0.3, -0.25) is 9.69 Å². The number of ether oxygens (including phenoxy) is 1. The van der Waals surface area contributed by atoms with Crippen molar-refractivity contribution in [2.45, 2.75) is 45.8 Å². The first kappa shape index (κ1) is 17.6. The van der Waals surface area contributed by atoms with Gasteiger partial charge in [0, 0.05) is 13.1 Å². The lowest BCUT2D eigenvalue weighted by Gasteiger charge is -2.45. The summed E-state index contributed by atoms with van der Waals surface area (Å²) in [6, 6.07) is 0. The average Bonchev–Trinajstić information content (AvgIpc) is 2.32. The maximum atomic E-state index is 12.4. The van der Waals surface area contributed by atoms with Gasteiger partial charge in [0.1, 0.15) is 29.6 Å². The van der Waals surface area contributed by atoms with E-state index < -0.39 is 23.2 Å². The fourth-order valence-electron chi connectivity index (χ4n) is 2.07. The van der Waals surface area contributed by atoms with Crippen molar-refractivity contribution in [1.82, 2.24) is 9.80 Å². The van der Waals surface area contributed by atoms with Crippen LogP contribution in [0.2, 0.25) is 0 Å². The lowest BCUT2D eigenvalue weighted by atomic mass is 9.98. The second-order valence-corrected chi connectivity index (χ2v) is 6.52. The molecular weight excluding hydrogens is 300 g/mol. The summed E-state index contributed by atoms with van der Waals surface area (Å²) in [5.41, 5.74) is -1.75. The van der Waals surface area contributed by atoms with Gasteiger partial charge in [-0.25, -0.2) is 9.59 Å². The summed E-state index contributed by atoms with van der Waals surface area (Å²) in [6.07, 6.45) is -0.555. The van der Waals surface area contributed by atoms with Crippen LogP contribution in [0.15, 0.2) is 0 Å². The van der Waals surface area contributed by atoms with Gasteiger partial charge in [-0.15, -0.1) is 0 Å². The number of piperazine rings is 1. The number of carbonyl (C=O) groups excluding carboxylic acids is 3. The van der Waals surface area contributed by atoms with Crippen LogP contribution in [0.3, 0.4) is 0 Å². The Hall–Kier alpha value is -1.50. The summed E-state index contributed by atoms with van der Waals surface area (Å²) in [7, 11) is 0. The summed E-state index contributed by atoms with van der Waals surface area (Å²) >= 11 is 4.97. The highest BCUT2D eigenvalue weighted by molar-refractivity contribution is 6.13. The molecule has 0 N–H and O–H groups in total. The number of halogens is 1. The fourth-order valence-corrected chi connectivity index (χ4v) is 2.12. The molecule has 1 aliphatic heterocycles. The Morgan fingerprint density at radius 3 is 2.33 bits per heavy atom. The molecule has 0 spiro atoms. The predicted molar refractivity (Wildman–Crippen MR) is 75.5 cm³/mol. The van der Waals surface area contributed by atoms with Gasteiger partial charge in [0.05, 0.1) is 0 Å². The van der Waals surface area contributed by atoms with Crippen LogP contribution in [-0.2, 0) is 18.6 Å². The molecule has 0 aromatic carbocycles. The molecule has 1 heterocycles. The second-order valence-electron chi connectivity index (χ2n) is 6.37. The zero-order chi connectivity index (χ0) is 16.4. The van der Waals surface area contributed by atoms with Crippen molar-refractivity contribution in [2.24, 2.45) is 0 Å². The number of hydrogen-bond acceptors (Lipinski definition) is 5. The molecule has 0 aliphatic carbocycles. The zero-order valence-electron chi connectivity index (χ0n) is 12.9. The van der Waals surface area contributed by atoms with E-state index >= 15 is 0 Å². The van der Waals surface area contributed by atoms with E-state index in [4.69, 9.17) is 16.6 Å². The molecule has 1 rings (SSSR count). The maximum Gasteiger partial charge on any atom is 0.411 e. The standard InChI is InChI=1S/C13H21ClN2O5/c1-12(2,3)20-11(19)16-7-6-15(8-9(17)21-14)10(18)13(16,4)5/h6-8H2,1-5H3. The van der Waals surface area contributed by atoms with E-state index in [2.05, 4.69) is 4.29 Å². The van der Waals surface area contributed by atoms with E-state index in [9.17, 15) is 14.4 Å². The SMILES string of the molecule is CC(C)(C)OC(=O)N1CCN(CC(=O)OCl)C(=O)C1(C)C. The van der Waals surface area contributed by atoms with Crippen molar-refractivity contribution in [2.75, 3.05) is 19.6 Å². The summed E-state index contributed by atoms with van der Waals surface area (Å²) in [4.78, 5) is 38.4. The summed E-state index contributed by atoms with van der Waals surface area (Å²) in [6.45, 7) is 8.73. The average molecular weight is 321 g/mol. The predicted octanol–water partition coefficient (Wildman–Crippen LogP) is 1.54. The highest BCUT2D eigenvalue weighted by Gasteiger charge is 2.46. The Balaban J connectivity index is 2.84. The Bertz CT molecular complexity index is 444. The van der Waals surface area contributed by atoms with Crippen LogP contribution >= 0.6 is 11.9 Å².